The molecular weight excluding hydrogens is 371 g/mol. The van der Waals surface area contributed by atoms with Crippen LogP contribution in [-0.2, 0) is 6.18 Å². The Hall–Kier alpha value is -2.03. The molecule has 28 heavy (non-hydrogen) atoms. The molecule has 0 spiro atoms. The summed E-state index contributed by atoms with van der Waals surface area (Å²) in [6.07, 6.45) is 1.33. The summed E-state index contributed by atoms with van der Waals surface area (Å²) in [5.74, 6) is 0.229. The molecule has 0 bridgehead atoms. The molecule has 1 aromatic heterocycles. The molecule has 9 heteroatoms. The number of aliphatic imine (C=N–C) groups is 1. The maximum Gasteiger partial charge on any atom is 0.421 e. The Balaban J connectivity index is 1.71. The average Bonchev–Trinajstić information content (AvgIpc) is 2.69. The second-order valence-electron chi connectivity index (χ2n) is 6.82. The number of nitrogens with one attached hydrogen (secondary N) is 2. The summed E-state index contributed by atoms with van der Waals surface area (Å²) in [5, 5.41) is 6.46. The first kappa shape index (κ1) is 22.3. The molecular formula is C19H30F3N5O. The van der Waals surface area contributed by atoms with E-state index in [-0.39, 0.29) is 6.61 Å². The number of likely N-dealkylation sites (tertiary alicyclic amines) is 1. The second-order valence-corrected chi connectivity index (χ2v) is 6.82. The molecule has 0 aromatic carbocycles. The quantitative estimate of drug-likeness (QED) is 0.399. The average molecular weight is 401 g/mol. The highest BCUT2D eigenvalue weighted by Gasteiger charge is 2.35. The largest absolute Gasteiger partial charge is 0.475 e. The summed E-state index contributed by atoms with van der Waals surface area (Å²) < 4.78 is 44.0. The summed E-state index contributed by atoms with van der Waals surface area (Å²) in [6, 6.07) is 2.55. The highest BCUT2D eigenvalue weighted by Crippen LogP contribution is 2.34. The first-order chi connectivity index (χ1) is 13.4. The van der Waals surface area contributed by atoms with Gasteiger partial charge in [0.05, 0.1) is 6.54 Å². The van der Waals surface area contributed by atoms with Crippen LogP contribution in [0, 0.1) is 0 Å². The molecule has 1 saturated heterocycles. The molecule has 6 nitrogen and oxygen atoms in total. The lowest BCUT2D eigenvalue weighted by Crippen LogP contribution is -2.49. The summed E-state index contributed by atoms with van der Waals surface area (Å²) >= 11 is 0. The molecule has 1 aliphatic heterocycles. The summed E-state index contributed by atoms with van der Waals surface area (Å²) in [7, 11) is 1.67. The topological polar surface area (TPSA) is 61.8 Å². The lowest BCUT2D eigenvalue weighted by atomic mass is 10.0. The first-order valence-electron chi connectivity index (χ1n) is 9.78. The van der Waals surface area contributed by atoms with Gasteiger partial charge in [-0.25, -0.2) is 4.98 Å². The van der Waals surface area contributed by atoms with E-state index in [0.29, 0.717) is 18.5 Å². The smallest absolute Gasteiger partial charge is 0.421 e. The van der Waals surface area contributed by atoms with Gasteiger partial charge in [-0.3, -0.25) is 4.99 Å². The fraction of sp³-hybridized carbons (Fsp3) is 0.684. The third kappa shape index (κ3) is 7.18. The Labute approximate surface area is 164 Å². The number of piperidine rings is 1. The number of pyridine rings is 1. The summed E-state index contributed by atoms with van der Waals surface area (Å²) in [6.45, 7) is 5.86. The van der Waals surface area contributed by atoms with Crippen molar-refractivity contribution in [3.63, 3.8) is 0 Å². The van der Waals surface area contributed by atoms with Crippen LogP contribution in [0.4, 0.5) is 13.2 Å². The first-order valence-corrected chi connectivity index (χ1v) is 9.78. The molecule has 2 heterocycles. The Morgan fingerprint density at radius 3 is 2.75 bits per heavy atom. The van der Waals surface area contributed by atoms with Crippen molar-refractivity contribution in [1.82, 2.24) is 20.5 Å². The molecule has 1 fully saturated rings. The number of rotatable bonds is 8. The van der Waals surface area contributed by atoms with Crippen molar-refractivity contribution in [2.45, 2.75) is 44.8 Å². The number of aromatic nitrogens is 1. The molecule has 1 aliphatic rings. The minimum Gasteiger partial charge on any atom is -0.475 e. The van der Waals surface area contributed by atoms with Crippen molar-refractivity contribution in [2.24, 2.45) is 4.99 Å². The van der Waals surface area contributed by atoms with Crippen LogP contribution in [0.25, 0.3) is 0 Å². The maximum absolute atomic E-state index is 12.9. The van der Waals surface area contributed by atoms with Gasteiger partial charge in [0, 0.05) is 32.4 Å². The van der Waals surface area contributed by atoms with E-state index in [1.807, 2.05) is 0 Å². The lowest BCUT2D eigenvalue weighted by molar-refractivity contribution is -0.139. The van der Waals surface area contributed by atoms with Gasteiger partial charge in [0.25, 0.3) is 0 Å². The molecule has 2 rings (SSSR count). The van der Waals surface area contributed by atoms with E-state index in [1.165, 1.54) is 25.1 Å². The molecule has 0 radical (unpaired) electrons. The minimum atomic E-state index is -4.49. The number of ether oxygens (including phenoxy) is 1. The number of unbranched alkanes of at least 4 members (excludes halogenated alkanes) is 1. The molecule has 0 saturated carbocycles. The minimum absolute atomic E-state index is 0.0518. The van der Waals surface area contributed by atoms with Gasteiger partial charge in [0.15, 0.2) is 5.96 Å². The zero-order chi connectivity index (χ0) is 20.4. The molecule has 0 unspecified atom stereocenters. The van der Waals surface area contributed by atoms with Crippen LogP contribution >= 0.6 is 0 Å². The highest BCUT2D eigenvalue weighted by atomic mass is 19.4. The van der Waals surface area contributed by atoms with Crippen LogP contribution in [0.2, 0.25) is 0 Å². The number of hydrogen-bond acceptors (Lipinski definition) is 4. The van der Waals surface area contributed by atoms with E-state index in [9.17, 15) is 13.2 Å². The van der Waals surface area contributed by atoms with Crippen molar-refractivity contribution in [1.29, 1.82) is 0 Å². The van der Waals surface area contributed by atoms with E-state index in [0.717, 1.165) is 38.5 Å². The normalized spacial score (nSPS) is 16.8. The van der Waals surface area contributed by atoms with E-state index in [4.69, 9.17) is 4.74 Å². The van der Waals surface area contributed by atoms with Crippen LogP contribution in [0.3, 0.4) is 0 Å². The summed E-state index contributed by atoms with van der Waals surface area (Å²) in [5.41, 5.74) is -0.868. The Morgan fingerprint density at radius 2 is 2.11 bits per heavy atom. The van der Waals surface area contributed by atoms with E-state index in [1.54, 1.807) is 7.05 Å². The van der Waals surface area contributed by atoms with E-state index < -0.39 is 17.6 Å². The van der Waals surface area contributed by atoms with Crippen LogP contribution in [0.15, 0.2) is 23.3 Å². The van der Waals surface area contributed by atoms with Gasteiger partial charge in [0.1, 0.15) is 12.2 Å². The van der Waals surface area contributed by atoms with Gasteiger partial charge in [-0.2, -0.15) is 13.2 Å². The van der Waals surface area contributed by atoms with E-state index in [2.05, 4.69) is 32.4 Å². The molecule has 0 atom stereocenters. The Morgan fingerprint density at radius 1 is 1.36 bits per heavy atom. The SMILES string of the molecule is CCCCN1CCC(NC(=NC)NCCOc2ncccc2C(F)(F)F)CC1. The summed E-state index contributed by atoms with van der Waals surface area (Å²) in [4.78, 5) is 10.3. The standard InChI is InChI=1S/C19H30F3N5O/c1-3-4-11-27-12-7-15(8-13-27)26-18(23-2)25-10-14-28-17-16(19(20,21)22)6-5-9-24-17/h5-6,9,15H,3-4,7-8,10-14H2,1-2H3,(H2,23,25,26). The number of halogens is 3. The number of hydrogen-bond donors (Lipinski definition) is 2. The molecule has 0 amide bonds. The van der Waals surface area contributed by atoms with Crippen LogP contribution < -0.4 is 15.4 Å². The predicted molar refractivity (Wildman–Crippen MR) is 104 cm³/mol. The molecule has 2 N–H and O–H groups in total. The second kappa shape index (κ2) is 11.1. The lowest BCUT2D eigenvalue weighted by Gasteiger charge is -2.33. The van der Waals surface area contributed by atoms with Gasteiger partial charge in [0.2, 0.25) is 5.88 Å². The van der Waals surface area contributed by atoms with Gasteiger partial charge in [-0.05, 0) is 37.9 Å². The molecule has 0 aliphatic carbocycles. The zero-order valence-electron chi connectivity index (χ0n) is 16.6. The van der Waals surface area contributed by atoms with Gasteiger partial charge in [-0.15, -0.1) is 0 Å². The van der Waals surface area contributed by atoms with Crippen molar-refractivity contribution >= 4 is 5.96 Å². The highest BCUT2D eigenvalue weighted by molar-refractivity contribution is 5.79. The monoisotopic (exact) mass is 401 g/mol. The predicted octanol–water partition coefficient (Wildman–Crippen LogP) is 2.91. The van der Waals surface area contributed by atoms with Gasteiger partial charge >= 0.3 is 6.18 Å². The fourth-order valence-corrected chi connectivity index (χ4v) is 3.11. The van der Waals surface area contributed by atoms with Crippen molar-refractivity contribution in [3.8, 4) is 5.88 Å². The van der Waals surface area contributed by atoms with Crippen LogP contribution in [0.1, 0.15) is 38.2 Å². The third-order valence-corrected chi connectivity index (χ3v) is 4.69. The third-order valence-electron chi connectivity index (χ3n) is 4.69. The van der Waals surface area contributed by atoms with E-state index >= 15 is 0 Å². The molecule has 158 valence electrons. The van der Waals surface area contributed by atoms with Crippen LogP contribution in [-0.4, -0.2) is 61.7 Å². The Kier molecular flexibility index (Phi) is 8.82. The van der Waals surface area contributed by atoms with Crippen molar-refractivity contribution in [2.75, 3.05) is 39.8 Å². The van der Waals surface area contributed by atoms with Crippen molar-refractivity contribution < 1.29 is 17.9 Å². The maximum atomic E-state index is 12.9. The number of nitrogens with zero attached hydrogens (tertiary/aromatic N) is 3. The number of guanidine groups is 1. The van der Waals surface area contributed by atoms with Crippen LogP contribution in [0.5, 0.6) is 5.88 Å². The fourth-order valence-electron chi connectivity index (χ4n) is 3.11. The molecule has 1 aromatic rings. The van der Waals surface area contributed by atoms with Gasteiger partial charge in [-0.1, -0.05) is 13.3 Å². The Bertz CT molecular complexity index is 616. The van der Waals surface area contributed by atoms with Crippen molar-refractivity contribution in [3.05, 3.63) is 23.9 Å². The van der Waals surface area contributed by atoms with Gasteiger partial charge < -0.3 is 20.3 Å². The zero-order valence-corrected chi connectivity index (χ0v) is 16.6. The number of alkyl halides is 3.